The molecule has 0 aliphatic carbocycles. The molecule has 0 aromatic heterocycles. The van der Waals surface area contributed by atoms with Crippen LogP contribution in [0.25, 0.3) is 0 Å². The smallest absolute Gasteiger partial charge is 0.222 e. The molecule has 0 aliphatic rings. The van der Waals surface area contributed by atoms with E-state index in [1.54, 1.807) is 4.90 Å². The van der Waals surface area contributed by atoms with Crippen LogP contribution in [0.2, 0.25) is 0 Å². The fourth-order valence-electron chi connectivity index (χ4n) is 1.93. The highest BCUT2D eigenvalue weighted by Gasteiger charge is 2.10. The van der Waals surface area contributed by atoms with E-state index in [0.717, 1.165) is 5.75 Å². The molecule has 0 radical (unpaired) electrons. The minimum atomic E-state index is 0.125. The molecule has 4 nitrogen and oxygen atoms in total. The van der Waals surface area contributed by atoms with Crippen molar-refractivity contribution in [2.45, 2.75) is 33.1 Å². The van der Waals surface area contributed by atoms with Gasteiger partial charge in [-0.15, -0.1) is 0 Å². The number of hydrogen-bond donors (Lipinski definition) is 1. The van der Waals surface area contributed by atoms with Gasteiger partial charge in [-0.25, -0.2) is 0 Å². The van der Waals surface area contributed by atoms with Gasteiger partial charge >= 0.3 is 0 Å². The summed E-state index contributed by atoms with van der Waals surface area (Å²) in [4.78, 5) is 13.7. The summed E-state index contributed by atoms with van der Waals surface area (Å²) in [6.07, 6.45) is 1.84. The Labute approximate surface area is 121 Å². The van der Waals surface area contributed by atoms with Gasteiger partial charge in [-0.1, -0.05) is 17.7 Å². The molecule has 1 aromatic carbocycles. The molecule has 1 rings (SSSR count). The van der Waals surface area contributed by atoms with Crippen molar-refractivity contribution in [3.63, 3.8) is 0 Å². The molecule has 0 saturated heterocycles. The molecule has 0 bridgehead atoms. The van der Waals surface area contributed by atoms with Gasteiger partial charge in [0.15, 0.2) is 0 Å². The first-order valence-electron chi connectivity index (χ1n) is 7.25. The molecule has 0 saturated carbocycles. The molecule has 1 aromatic rings. The van der Waals surface area contributed by atoms with E-state index in [9.17, 15) is 4.79 Å². The summed E-state index contributed by atoms with van der Waals surface area (Å²) >= 11 is 0. The number of aliphatic hydroxyl groups excluding tert-OH is 1. The molecule has 0 heterocycles. The van der Waals surface area contributed by atoms with Gasteiger partial charge in [0.25, 0.3) is 0 Å². The number of ether oxygens (including phenoxy) is 1. The number of amides is 1. The zero-order chi connectivity index (χ0) is 14.8. The summed E-state index contributed by atoms with van der Waals surface area (Å²) < 4.78 is 5.60. The fraction of sp³-hybridized carbons (Fsp3) is 0.562. The quantitative estimate of drug-likeness (QED) is 0.706. The molecular weight excluding hydrogens is 254 g/mol. The number of hydrogen-bond acceptors (Lipinski definition) is 3. The van der Waals surface area contributed by atoms with E-state index in [-0.39, 0.29) is 12.5 Å². The maximum Gasteiger partial charge on any atom is 0.222 e. The van der Waals surface area contributed by atoms with E-state index in [1.807, 2.05) is 38.1 Å². The number of aliphatic hydroxyl groups is 1. The second-order valence-corrected chi connectivity index (χ2v) is 4.82. The molecular formula is C16H25NO3. The molecule has 0 spiro atoms. The Morgan fingerprint density at radius 1 is 1.25 bits per heavy atom. The Morgan fingerprint density at radius 2 is 1.95 bits per heavy atom. The van der Waals surface area contributed by atoms with Crippen LogP contribution in [-0.4, -0.2) is 42.2 Å². The van der Waals surface area contributed by atoms with Gasteiger partial charge in [0.1, 0.15) is 5.75 Å². The van der Waals surface area contributed by atoms with E-state index in [4.69, 9.17) is 9.84 Å². The van der Waals surface area contributed by atoms with E-state index < -0.39 is 0 Å². The lowest BCUT2D eigenvalue weighted by Crippen LogP contribution is -2.32. The highest BCUT2D eigenvalue weighted by atomic mass is 16.5. The van der Waals surface area contributed by atoms with Gasteiger partial charge < -0.3 is 14.7 Å². The first kappa shape index (κ1) is 16.5. The summed E-state index contributed by atoms with van der Waals surface area (Å²) in [5.41, 5.74) is 1.20. The van der Waals surface area contributed by atoms with Crippen LogP contribution in [0.1, 0.15) is 31.7 Å². The summed E-state index contributed by atoms with van der Waals surface area (Å²) in [5.74, 6) is 0.976. The maximum atomic E-state index is 11.9. The number of rotatable bonds is 9. The van der Waals surface area contributed by atoms with Crippen molar-refractivity contribution >= 4 is 5.91 Å². The van der Waals surface area contributed by atoms with Gasteiger partial charge in [0.05, 0.1) is 6.61 Å². The number of aryl methyl sites for hydroxylation is 1. The molecule has 0 unspecified atom stereocenters. The third-order valence-electron chi connectivity index (χ3n) is 3.15. The molecule has 0 aliphatic heterocycles. The van der Waals surface area contributed by atoms with Gasteiger partial charge in [-0.3, -0.25) is 4.79 Å². The summed E-state index contributed by atoms with van der Waals surface area (Å²) in [6.45, 7) is 5.99. The summed E-state index contributed by atoms with van der Waals surface area (Å²) in [5, 5.41) is 8.79. The first-order chi connectivity index (χ1) is 9.67. The second-order valence-electron chi connectivity index (χ2n) is 4.82. The van der Waals surface area contributed by atoms with E-state index in [1.165, 1.54) is 5.56 Å². The standard InChI is InChI=1S/C16H25NO3/c1-3-17(11-5-12-18)16(19)6-4-13-20-15-9-7-14(2)8-10-15/h7-10,18H,3-6,11-13H2,1-2H3. The average molecular weight is 279 g/mol. The highest BCUT2D eigenvalue weighted by Crippen LogP contribution is 2.12. The van der Waals surface area contributed by atoms with E-state index >= 15 is 0 Å². The highest BCUT2D eigenvalue weighted by molar-refractivity contribution is 5.76. The number of carbonyl (C=O) groups excluding carboxylic acids is 1. The van der Waals surface area contributed by atoms with Crippen LogP contribution in [0.5, 0.6) is 5.75 Å². The second kappa shape index (κ2) is 9.37. The van der Waals surface area contributed by atoms with Crippen molar-refractivity contribution in [3.8, 4) is 5.75 Å². The van der Waals surface area contributed by atoms with E-state index in [2.05, 4.69) is 0 Å². The number of carbonyl (C=O) groups is 1. The SMILES string of the molecule is CCN(CCCO)C(=O)CCCOc1ccc(C)cc1. The van der Waals surface area contributed by atoms with Crippen LogP contribution in [0, 0.1) is 6.92 Å². The molecule has 1 amide bonds. The van der Waals surface area contributed by atoms with Gasteiger partial charge in [-0.2, -0.15) is 0 Å². The lowest BCUT2D eigenvalue weighted by Gasteiger charge is -2.20. The Morgan fingerprint density at radius 3 is 2.55 bits per heavy atom. The predicted molar refractivity (Wildman–Crippen MR) is 79.9 cm³/mol. The maximum absolute atomic E-state index is 11.9. The average Bonchev–Trinajstić information content (AvgIpc) is 2.46. The van der Waals surface area contributed by atoms with Crippen molar-refractivity contribution in [1.82, 2.24) is 4.90 Å². The van der Waals surface area contributed by atoms with Crippen molar-refractivity contribution < 1.29 is 14.6 Å². The molecule has 0 atom stereocenters. The Bertz CT molecular complexity index is 389. The first-order valence-corrected chi connectivity index (χ1v) is 7.25. The topological polar surface area (TPSA) is 49.8 Å². The van der Waals surface area contributed by atoms with E-state index in [0.29, 0.717) is 39.0 Å². The number of benzene rings is 1. The summed E-state index contributed by atoms with van der Waals surface area (Å²) in [6, 6.07) is 7.90. The molecule has 112 valence electrons. The molecule has 1 N–H and O–H groups in total. The van der Waals surface area contributed by atoms with Crippen LogP contribution in [0.3, 0.4) is 0 Å². The van der Waals surface area contributed by atoms with Crippen molar-refractivity contribution in [2.75, 3.05) is 26.3 Å². The molecule has 4 heteroatoms. The Balaban J connectivity index is 2.22. The monoisotopic (exact) mass is 279 g/mol. The lowest BCUT2D eigenvalue weighted by molar-refractivity contribution is -0.131. The Hall–Kier alpha value is -1.55. The van der Waals surface area contributed by atoms with Crippen LogP contribution in [0.15, 0.2) is 24.3 Å². The van der Waals surface area contributed by atoms with Crippen LogP contribution in [-0.2, 0) is 4.79 Å². The van der Waals surface area contributed by atoms with Crippen LogP contribution < -0.4 is 4.74 Å². The van der Waals surface area contributed by atoms with Crippen molar-refractivity contribution in [3.05, 3.63) is 29.8 Å². The van der Waals surface area contributed by atoms with Gasteiger partial charge in [-0.05, 0) is 38.8 Å². The van der Waals surface area contributed by atoms with Crippen molar-refractivity contribution in [2.24, 2.45) is 0 Å². The third-order valence-corrected chi connectivity index (χ3v) is 3.15. The zero-order valence-corrected chi connectivity index (χ0v) is 12.5. The normalized spacial score (nSPS) is 10.3. The minimum absolute atomic E-state index is 0.125. The van der Waals surface area contributed by atoms with Crippen LogP contribution in [0.4, 0.5) is 0 Å². The largest absolute Gasteiger partial charge is 0.494 e. The number of nitrogens with zero attached hydrogens (tertiary/aromatic N) is 1. The van der Waals surface area contributed by atoms with Crippen LogP contribution >= 0.6 is 0 Å². The predicted octanol–water partition coefficient (Wildman–Crippen LogP) is 2.38. The zero-order valence-electron chi connectivity index (χ0n) is 12.5. The van der Waals surface area contributed by atoms with Gasteiger partial charge in [0.2, 0.25) is 5.91 Å². The Kier molecular flexibility index (Phi) is 7.73. The third kappa shape index (κ3) is 6.06. The molecule has 20 heavy (non-hydrogen) atoms. The minimum Gasteiger partial charge on any atom is -0.494 e. The lowest BCUT2D eigenvalue weighted by atomic mass is 10.2. The van der Waals surface area contributed by atoms with Crippen molar-refractivity contribution in [1.29, 1.82) is 0 Å². The molecule has 0 fully saturated rings. The summed E-state index contributed by atoms with van der Waals surface area (Å²) in [7, 11) is 0. The van der Waals surface area contributed by atoms with Gasteiger partial charge in [0, 0.05) is 26.1 Å². The fourth-order valence-corrected chi connectivity index (χ4v) is 1.93.